The molecule has 0 aromatic heterocycles. The Hall–Kier alpha value is -2.66. The quantitative estimate of drug-likeness (QED) is 0.730. The maximum Gasteiger partial charge on any atom is 0.279 e. The number of carbonyl (C=O) groups excluding carboxylic acids is 2. The molecular weight excluding hydrogens is 278 g/mol. The molecule has 0 atom stereocenters. The van der Waals surface area contributed by atoms with Crippen LogP contribution in [-0.2, 0) is 9.59 Å². The van der Waals surface area contributed by atoms with E-state index < -0.39 is 0 Å². The van der Waals surface area contributed by atoms with Gasteiger partial charge in [0.15, 0.2) is 13.1 Å². The molecule has 2 rings (SSSR count). The van der Waals surface area contributed by atoms with Crippen molar-refractivity contribution < 1.29 is 14.9 Å². The fraction of sp³-hybridized carbons (Fsp3) is 0.176. The predicted molar refractivity (Wildman–Crippen MR) is 86.2 cm³/mol. The van der Waals surface area contributed by atoms with Crippen molar-refractivity contribution in [2.75, 3.05) is 25.5 Å². The fourth-order valence-corrected chi connectivity index (χ4v) is 2.03. The summed E-state index contributed by atoms with van der Waals surface area (Å²) >= 11 is 0. The number of hydrogen-bond donors (Lipinski definition) is 3. The molecule has 5 heteroatoms. The smallest absolute Gasteiger partial charge is 0.279 e. The van der Waals surface area contributed by atoms with Crippen LogP contribution in [0, 0.1) is 0 Å². The first-order valence-electron chi connectivity index (χ1n) is 7.16. The number of rotatable bonds is 6. The zero-order chi connectivity index (χ0) is 15.8. The Labute approximate surface area is 129 Å². The lowest BCUT2D eigenvalue weighted by molar-refractivity contribution is -0.632. The summed E-state index contributed by atoms with van der Waals surface area (Å²) in [4.78, 5) is 22.8. The Morgan fingerprint density at radius 1 is 0.864 bits per heavy atom. The lowest BCUT2D eigenvalue weighted by atomic mass is 10.1. The summed E-state index contributed by atoms with van der Waals surface area (Å²) in [5.74, 6) is -0.226. The molecule has 22 heavy (non-hydrogen) atoms. The summed E-state index contributed by atoms with van der Waals surface area (Å²) in [6, 6.07) is 17.7. The van der Waals surface area contributed by atoms with E-state index in [0.29, 0.717) is 0 Å². The zero-order valence-corrected chi connectivity index (χ0v) is 12.5. The number of benzene rings is 2. The van der Waals surface area contributed by atoms with Crippen molar-refractivity contribution in [1.82, 2.24) is 5.32 Å². The van der Waals surface area contributed by atoms with Crippen molar-refractivity contribution in [2.45, 2.75) is 0 Å². The van der Waals surface area contributed by atoms with Crippen LogP contribution in [0.25, 0.3) is 11.1 Å². The van der Waals surface area contributed by atoms with E-state index >= 15 is 0 Å². The standard InChI is InChI=1S/C17H19N3O2/c1-18-16(21)11-19-12-17(22)20-15-9-7-14(8-10-15)13-5-3-2-4-6-13/h2-10,19H,11-12H2,1H3,(H,18,21)(H,20,22)/p+1. The van der Waals surface area contributed by atoms with Gasteiger partial charge in [0.1, 0.15) is 0 Å². The normalized spacial score (nSPS) is 10.0. The van der Waals surface area contributed by atoms with Gasteiger partial charge in [0.25, 0.3) is 11.8 Å². The van der Waals surface area contributed by atoms with Crippen LogP contribution >= 0.6 is 0 Å². The van der Waals surface area contributed by atoms with Crippen molar-refractivity contribution in [1.29, 1.82) is 0 Å². The van der Waals surface area contributed by atoms with Crippen LogP contribution in [0.4, 0.5) is 5.69 Å². The molecule has 0 saturated carbocycles. The summed E-state index contributed by atoms with van der Waals surface area (Å²) in [6.07, 6.45) is 0. The average Bonchev–Trinajstić information content (AvgIpc) is 2.56. The van der Waals surface area contributed by atoms with Gasteiger partial charge in [-0.15, -0.1) is 0 Å². The first-order valence-corrected chi connectivity index (χ1v) is 7.16. The number of nitrogens with two attached hydrogens (primary N) is 1. The predicted octanol–water partition coefficient (Wildman–Crippen LogP) is 0.602. The minimum absolute atomic E-state index is 0.0972. The number of quaternary nitrogens is 1. The molecule has 5 nitrogen and oxygen atoms in total. The van der Waals surface area contributed by atoms with Gasteiger partial charge in [0, 0.05) is 12.7 Å². The molecule has 0 unspecified atom stereocenters. The van der Waals surface area contributed by atoms with E-state index in [-0.39, 0.29) is 24.9 Å². The highest BCUT2D eigenvalue weighted by Crippen LogP contribution is 2.20. The Bertz CT molecular complexity index is 624. The molecule has 0 radical (unpaired) electrons. The third kappa shape index (κ3) is 4.71. The molecule has 0 fully saturated rings. The third-order valence-electron chi connectivity index (χ3n) is 3.21. The molecule has 0 spiro atoms. The fourth-order valence-electron chi connectivity index (χ4n) is 2.03. The van der Waals surface area contributed by atoms with Gasteiger partial charge < -0.3 is 16.0 Å². The molecule has 0 saturated heterocycles. The largest absolute Gasteiger partial charge is 0.354 e. The van der Waals surface area contributed by atoms with Gasteiger partial charge in [-0.25, -0.2) is 0 Å². The van der Waals surface area contributed by atoms with Gasteiger partial charge in [0.05, 0.1) is 0 Å². The molecule has 0 aliphatic rings. The second kappa shape index (κ2) is 7.95. The van der Waals surface area contributed by atoms with Crippen molar-refractivity contribution in [3.63, 3.8) is 0 Å². The molecule has 0 aliphatic carbocycles. The SMILES string of the molecule is CNC(=O)C[NH2+]CC(=O)Nc1ccc(-c2ccccc2)cc1. The van der Waals surface area contributed by atoms with Crippen LogP contribution in [-0.4, -0.2) is 32.0 Å². The summed E-state index contributed by atoms with van der Waals surface area (Å²) < 4.78 is 0. The summed E-state index contributed by atoms with van der Waals surface area (Å²) in [5.41, 5.74) is 2.99. The molecule has 0 bridgehead atoms. The zero-order valence-electron chi connectivity index (χ0n) is 12.5. The topological polar surface area (TPSA) is 74.8 Å². The number of anilines is 1. The van der Waals surface area contributed by atoms with Gasteiger partial charge in [0.2, 0.25) is 0 Å². The minimum atomic E-state index is -0.128. The monoisotopic (exact) mass is 298 g/mol. The third-order valence-corrected chi connectivity index (χ3v) is 3.21. The van der Waals surface area contributed by atoms with Crippen LogP contribution in [0.5, 0.6) is 0 Å². The van der Waals surface area contributed by atoms with Gasteiger partial charge in [-0.3, -0.25) is 9.59 Å². The van der Waals surface area contributed by atoms with Crippen LogP contribution in [0.2, 0.25) is 0 Å². The molecule has 0 aliphatic heterocycles. The van der Waals surface area contributed by atoms with Gasteiger partial charge >= 0.3 is 0 Å². The molecular formula is C17H20N3O2+. The van der Waals surface area contributed by atoms with E-state index in [4.69, 9.17) is 0 Å². The number of carbonyl (C=O) groups is 2. The second-order valence-corrected chi connectivity index (χ2v) is 4.86. The van der Waals surface area contributed by atoms with Crippen LogP contribution in [0.3, 0.4) is 0 Å². The van der Waals surface area contributed by atoms with E-state index in [9.17, 15) is 9.59 Å². The Morgan fingerprint density at radius 3 is 2.09 bits per heavy atom. The molecule has 2 amide bonds. The number of nitrogens with one attached hydrogen (secondary N) is 2. The Balaban J connectivity index is 1.86. The highest BCUT2D eigenvalue weighted by Gasteiger charge is 2.07. The summed E-state index contributed by atoms with van der Waals surface area (Å²) in [7, 11) is 1.57. The first kappa shape index (κ1) is 15.7. The van der Waals surface area contributed by atoms with E-state index in [2.05, 4.69) is 10.6 Å². The number of hydrogen-bond acceptors (Lipinski definition) is 2. The lowest BCUT2D eigenvalue weighted by Gasteiger charge is -2.06. The van der Waals surface area contributed by atoms with Gasteiger partial charge in [-0.05, 0) is 23.3 Å². The highest BCUT2D eigenvalue weighted by molar-refractivity contribution is 5.91. The number of amides is 2. The Kier molecular flexibility index (Phi) is 5.68. The van der Waals surface area contributed by atoms with Crippen LogP contribution < -0.4 is 16.0 Å². The second-order valence-electron chi connectivity index (χ2n) is 4.86. The maximum absolute atomic E-state index is 11.8. The molecule has 2 aromatic carbocycles. The lowest BCUT2D eigenvalue weighted by Crippen LogP contribution is -2.88. The maximum atomic E-state index is 11.8. The molecule has 0 heterocycles. The van der Waals surface area contributed by atoms with Crippen LogP contribution in [0.1, 0.15) is 0 Å². The first-order chi connectivity index (χ1) is 10.7. The number of likely N-dealkylation sites (N-methyl/N-ethyl adjacent to an activating group) is 1. The average molecular weight is 298 g/mol. The van der Waals surface area contributed by atoms with Crippen molar-refractivity contribution in [3.8, 4) is 11.1 Å². The Morgan fingerprint density at radius 2 is 1.45 bits per heavy atom. The summed E-state index contributed by atoms with van der Waals surface area (Å²) in [6.45, 7) is 0.463. The van der Waals surface area contributed by atoms with E-state index in [1.807, 2.05) is 54.6 Å². The van der Waals surface area contributed by atoms with Crippen LogP contribution in [0.15, 0.2) is 54.6 Å². The van der Waals surface area contributed by atoms with Crippen molar-refractivity contribution in [3.05, 3.63) is 54.6 Å². The molecule has 4 N–H and O–H groups in total. The molecule has 2 aromatic rings. The van der Waals surface area contributed by atoms with Crippen molar-refractivity contribution >= 4 is 17.5 Å². The van der Waals surface area contributed by atoms with Gasteiger partial charge in [-0.2, -0.15) is 0 Å². The van der Waals surface area contributed by atoms with E-state index in [1.54, 1.807) is 12.4 Å². The summed E-state index contributed by atoms with van der Waals surface area (Å²) in [5, 5.41) is 6.98. The van der Waals surface area contributed by atoms with E-state index in [0.717, 1.165) is 16.8 Å². The molecule has 114 valence electrons. The highest BCUT2D eigenvalue weighted by atomic mass is 16.2. The van der Waals surface area contributed by atoms with Crippen molar-refractivity contribution in [2.24, 2.45) is 0 Å². The van der Waals surface area contributed by atoms with Gasteiger partial charge in [-0.1, -0.05) is 42.5 Å². The minimum Gasteiger partial charge on any atom is -0.354 e. The van der Waals surface area contributed by atoms with E-state index in [1.165, 1.54) is 0 Å².